The number of fused-ring (bicyclic) bond motifs is 1. The summed E-state index contributed by atoms with van der Waals surface area (Å²) < 4.78 is 0. The van der Waals surface area contributed by atoms with E-state index in [1.807, 2.05) is 42.5 Å². The van der Waals surface area contributed by atoms with Gasteiger partial charge in [0, 0.05) is 18.4 Å². The molecule has 4 heteroatoms. The standard InChI is InChI=1S/C19H21N3O/c1-14(23)13-20-19-16-9-5-6-10-17(16)21-18(22-19)12-11-15-7-3-2-4-8-15/h2-10,14,23H,11-13H2,1H3,(H,20,21,22). The molecule has 0 saturated carbocycles. The number of anilines is 1. The highest BCUT2D eigenvalue weighted by Crippen LogP contribution is 2.20. The third-order valence-corrected chi connectivity index (χ3v) is 3.69. The minimum atomic E-state index is -0.420. The van der Waals surface area contributed by atoms with Gasteiger partial charge in [0.25, 0.3) is 0 Å². The first-order chi connectivity index (χ1) is 11.2. The van der Waals surface area contributed by atoms with Crippen molar-refractivity contribution in [1.82, 2.24) is 9.97 Å². The smallest absolute Gasteiger partial charge is 0.137 e. The predicted molar refractivity (Wildman–Crippen MR) is 93.6 cm³/mol. The zero-order chi connectivity index (χ0) is 16.1. The van der Waals surface area contributed by atoms with E-state index >= 15 is 0 Å². The second kappa shape index (κ2) is 7.20. The molecular weight excluding hydrogens is 286 g/mol. The van der Waals surface area contributed by atoms with Gasteiger partial charge in [-0.15, -0.1) is 0 Å². The molecule has 1 atom stereocenters. The number of para-hydroxylation sites is 1. The van der Waals surface area contributed by atoms with Crippen molar-refractivity contribution in [2.45, 2.75) is 25.9 Å². The van der Waals surface area contributed by atoms with Crippen LogP contribution in [-0.2, 0) is 12.8 Å². The molecule has 1 heterocycles. The molecule has 0 fully saturated rings. The molecule has 3 rings (SSSR count). The van der Waals surface area contributed by atoms with E-state index in [0.717, 1.165) is 35.4 Å². The Labute approximate surface area is 136 Å². The molecule has 0 aliphatic carbocycles. The van der Waals surface area contributed by atoms with E-state index in [9.17, 15) is 5.11 Å². The molecule has 118 valence electrons. The monoisotopic (exact) mass is 307 g/mol. The van der Waals surface area contributed by atoms with E-state index in [4.69, 9.17) is 0 Å². The molecule has 0 radical (unpaired) electrons. The number of aryl methyl sites for hydroxylation is 2. The zero-order valence-electron chi connectivity index (χ0n) is 13.2. The fourth-order valence-electron chi connectivity index (χ4n) is 2.52. The summed E-state index contributed by atoms with van der Waals surface area (Å²) >= 11 is 0. The molecule has 23 heavy (non-hydrogen) atoms. The first-order valence-electron chi connectivity index (χ1n) is 7.94. The van der Waals surface area contributed by atoms with Gasteiger partial charge in [0.05, 0.1) is 11.6 Å². The number of aromatic nitrogens is 2. The molecule has 1 aromatic heterocycles. The third-order valence-electron chi connectivity index (χ3n) is 3.69. The first-order valence-corrected chi connectivity index (χ1v) is 7.94. The summed E-state index contributed by atoms with van der Waals surface area (Å²) in [6.07, 6.45) is 1.28. The van der Waals surface area contributed by atoms with E-state index in [1.165, 1.54) is 5.56 Å². The maximum atomic E-state index is 9.50. The highest BCUT2D eigenvalue weighted by molar-refractivity contribution is 5.88. The summed E-state index contributed by atoms with van der Waals surface area (Å²) in [5, 5.41) is 13.7. The molecule has 0 amide bonds. The van der Waals surface area contributed by atoms with Gasteiger partial charge >= 0.3 is 0 Å². The van der Waals surface area contributed by atoms with Crippen LogP contribution in [0.1, 0.15) is 18.3 Å². The third kappa shape index (κ3) is 4.05. The van der Waals surface area contributed by atoms with Gasteiger partial charge in [-0.3, -0.25) is 0 Å². The highest BCUT2D eigenvalue weighted by Gasteiger charge is 2.08. The number of hydrogen-bond donors (Lipinski definition) is 2. The molecule has 0 aliphatic rings. The van der Waals surface area contributed by atoms with Crippen molar-refractivity contribution in [2.24, 2.45) is 0 Å². The Morgan fingerprint density at radius 3 is 2.48 bits per heavy atom. The van der Waals surface area contributed by atoms with Crippen LogP contribution in [0.4, 0.5) is 5.82 Å². The molecule has 3 aromatic rings. The van der Waals surface area contributed by atoms with Gasteiger partial charge in [-0.1, -0.05) is 42.5 Å². The van der Waals surface area contributed by atoms with Gasteiger partial charge in [0.1, 0.15) is 11.6 Å². The summed E-state index contributed by atoms with van der Waals surface area (Å²) in [7, 11) is 0. The lowest BCUT2D eigenvalue weighted by Gasteiger charge is -2.12. The summed E-state index contributed by atoms with van der Waals surface area (Å²) in [6.45, 7) is 2.23. The molecule has 1 unspecified atom stereocenters. The lowest BCUT2D eigenvalue weighted by molar-refractivity contribution is 0.208. The number of hydrogen-bond acceptors (Lipinski definition) is 4. The molecule has 0 bridgehead atoms. The molecule has 2 aromatic carbocycles. The number of benzene rings is 2. The Balaban J connectivity index is 1.85. The van der Waals surface area contributed by atoms with Crippen molar-refractivity contribution >= 4 is 16.7 Å². The number of rotatable bonds is 6. The van der Waals surface area contributed by atoms with Crippen molar-refractivity contribution < 1.29 is 5.11 Å². The van der Waals surface area contributed by atoms with Crippen LogP contribution in [0.3, 0.4) is 0 Å². The average Bonchev–Trinajstić information content (AvgIpc) is 2.58. The fourth-order valence-corrected chi connectivity index (χ4v) is 2.52. The largest absolute Gasteiger partial charge is 0.392 e. The lowest BCUT2D eigenvalue weighted by Crippen LogP contribution is -2.17. The van der Waals surface area contributed by atoms with Gasteiger partial charge in [-0.2, -0.15) is 0 Å². The number of aliphatic hydroxyl groups excluding tert-OH is 1. The van der Waals surface area contributed by atoms with Crippen molar-refractivity contribution in [3.8, 4) is 0 Å². The summed E-state index contributed by atoms with van der Waals surface area (Å²) in [5.74, 6) is 1.61. The van der Waals surface area contributed by atoms with Crippen LogP contribution >= 0.6 is 0 Å². The highest BCUT2D eigenvalue weighted by atomic mass is 16.3. The minimum Gasteiger partial charge on any atom is -0.392 e. The molecule has 4 nitrogen and oxygen atoms in total. The SMILES string of the molecule is CC(O)CNc1nc(CCc2ccccc2)nc2ccccc12. The second-order valence-electron chi connectivity index (χ2n) is 5.72. The number of aliphatic hydroxyl groups is 1. The Morgan fingerprint density at radius 2 is 1.70 bits per heavy atom. The predicted octanol–water partition coefficient (Wildman–Crippen LogP) is 3.21. The van der Waals surface area contributed by atoms with Gasteiger partial charge in [-0.05, 0) is 31.0 Å². The van der Waals surface area contributed by atoms with Crippen LogP contribution in [0.2, 0.25) is 0 Å². The summed E-state index contributed by atoms with van der Waals surface area (Å²) in [6, 6.07) is 18.3. The molecule has 0 spiro atoms. The van der Waals surface area contributed by atoms with Crippen LogP contribution in [-0.4, -0.2) is 27.7 Å². The van der Waals surface area contributed by atoms with E-state index in [1.54, 1.807) is 6.92 Å². The van der Waals surface area contributed by atoms with Gasteiger partial charge in [0.2, 0.25) is 0 Å². The van der Waals surface area contributed by atoms with E-state index in [2.05, 4.69) is 27.4 Å². The number of nitrogens with one attached hydrogen (secondary N) is 1. The summed E-state index contributed by atoms with van der Waals surface area (Å²) in [5.41, 5.74) is 2.21. The van der Waals surface area contributed by atoms with Crippen molar-refractivity contribution in [1.29, 1.82) is 0 Å². The number of nitrogens with zero attached hydrogens (tertiary/aromatic N) is 2. The second-order valence-corrected chi connectivity index (χ2v) is 5.72. The van der Waals surface area contributed by atoms with E-state index < -0.39 is 6.10 Å². The zero-order valence-corrected chi connectivity index (χ0v) is 13.2. The lowest BCUT2D eigenvalue weighted by atomic mass is 10.1. The Bertz CT molecular complexity index is 772. The summed E-state index contributed by atoms with van der Waals surface area (Å²) in [4.78, 5) is 9.32. The molecule has 0 saturated heterocycles. The molecular formula is C19H21N3O. The van der Waals surface area contributed by atoms with Crippen molar-refractivity contribution in [3.05, 3.63) is 66.0 Å². The Hall–Kier alpha value is -2.46. The maximum absolute atomic E-state index is 9.50. The molecule has 0 aliphatic heterocycles. The van der Waals surface area contributed by atoms with Crippen LogP contribution in [0.25, 0.3) is 10.9 Å². The van der Waals surface area contributed by atoms with Gasteiger partial charge in [0.15, 0.2) is 0 Å². The minimum absolute atomic E-state index is 0.420. The first kappa shape index (κ1) is 15.4. The fraction of sp³-hybridized carbons (Fsp3) is 0.263. The van der Waals surface area contributed by atoms with E-state index in [-0.39, 0.29) is 0 Å². The maximum Gasteiger partial charge on any atom is 0.137 e. The Kier molecular flexibility index (Phi) is 4.83. The van der Waals surface area contributed by atoms with Crippen molar-refractivity contribution in [2.75, 3.05) is 11.9 Å². The quantitative estimate of drug-likeness (QED) is 0.734. The van der Waals surface area contributed by atoms with Crippen LogP contribution in [0, 0.1) is 0 Å². The Morgan fingerprint density at radius 1 is 0.957 bits per heavy atom. The normalized spacial score (nSPS) is 12.3. The topological polar surface area (TPSA) is 58.0 Å². The van der Waals surface area contributed by atoms with Crippen molar-refractivity contribution in [3.63, 3.8) is 0 Å². The van der Waals surface area contributed by atoms with Crippen LogP contribution in [0.5, 0.6) is 0 Å². The average molecular weight is 307 g/mol. The van der Waals surface area contributed by atoms with E-state index in [0.29, 0.717) is 6.54 Å². The van der Waals surface area contributed by atoms with Crippen LogP contribution < -0.4 is 5.32 Å². The van der Waals surface area contributed by atoms with Crippen LogP contribution in [0.15, 0.2) is 54.6 Å². The van der Waals surface area contributed by atoms with Gasteiger partial charge < -0.3 is 10.4 Å². The van der Waals surface area contributed by atoms with Gasteiger partial charge in [-0.25, -0.2) is 9.97 Å². The molecule has 2 N–H and O–H groups in total.